The van der Waals surface area contributed by atoms with Crippen LogP contribution in [-0.2, 0) is 21.3 Å². The number of ether oxygens (including phenoxy) is 1. The van der Waals surface area contributed by atoms with E-state index in [9.17, 15) is 8.42 Å². The number of nitrogens with zero attached hydrogens (tertiary/aromatic N) is 1. The largest absolute Gasteiger partial charge is 0.378 e. The number of hydrogen-bond acceptors (Lipinski definition) is 4. The molecule has 0 aromatic heterocycles. The minimum Gasteiger partial charge on any atom is -0.378 e. The molecule has 1 fully saturated rings. The van der Waals surface area contributed by atoms with Crippen LogP contribution in [-0.4, -0.2) is 45.6 Å². The SMILES string of the molecule is CNCc1ccc(C)c(S(=O)(=O)N2CCOCC2C)c1. The summed E-state index contributed by atoms with van der Waals surface area (Å²) < 4.78 is 32.5. The average molecular weight is 298 g/mol. The first-order valence-corrected chi connectivity index (χ1v) is 8.24. The summed E-state index contributed by atoms with van der Waals surface area (Å²) in [5, 5.41) is 3.04. The van der Waals surface area contributed by atoms with Crippen molar-refractivity contribution >= 4 is 10.0 Å². The first kappa shape index (κ1) is 15.4. The number of sulfonamides is 1. The lowest BCUT2D eigenvalue weighted by Gasteiger charge is -2.32. The summed E-state index contributed by atoms with van der Waals surface area (Å²) in [5.41, 5.74) is 1.75. The van der Waals surface area contributed by atoms with Gasteiger partial charge in [-0.05, 0) is 38.1 Å². The third kappa shape index (κ3) is 3.03. The quantitative estimate of drug-likeness (QED) is 0.905. The fourth-order valence-electron chi connectivity index (χ4n) is 2.43. The summed E-state index contributed by atoms with van der Waals surface area (Å²) in [6, 6.07) is 5.46. The topological polar surface area (TPSA) is 58.6 Å². The first-order chi connectivity index (χ1) is 9.46. The van der Waals surface area contributed by atoms with Crippen molar-refractivity contribution in [2.45, 2.75) is 31.3 Å². The number of aryl methyl sites for hydroxylation is 1. The third-order valence-electron chi connectivity index (χ3n) is 3.53. The van der Waals surface area contributed by atoms with E-state index in [1.807, 2.05) is 33.0 Å². The van der Waals surface area contributed by atoms with Crippen LogP contribution in [0.25, 0.3) is 0 Å². The highest BCUT2D eigenvalue weighted by atomic mass is 32.2. The Morgan fingerprint density at radius 2 is 2.20 bits per heavy atom. The fourth-order valence-corrected chi connectivity index (χ4v) is 4.31. The second-order valence-corrected chi connectivity index (χ2v) is 7.03. The van der Waals surface area contributed by atoms with Crippen molar-refractivity contribution < 1.29 is 13.2 Å². The Morgan fingerprint density at radius 1 is 1.45 bits per heavy atom. The highest BCUT2D eigenvalue weighted by Gasteiger charge is 2.32. The van der Waals surface area contributed by atoms with E-state index in [0.717, 1.165) is 11.1 Å². The van der Waals surface area contributed by atoms with Gasteiger partial charge in [0.15, 0.2) is 0 Å². The highest BCUT2D eigenvalue weighted by Crippen LogP contribution is 2.24. The molecular weight excluding hydrogens is 276 g/mol. The molecule has 112 valence electrons. The molecule has 1 unspecified atom stereocenters. The third-order valence-corrected chi connectivity index (χ3v) is 5.68. The van der Waals surface area contributed by atoms with E-state index in [4.69, 9.17) is 4.74 Å². The Morgan fingerprint density at radius 3 is 2.85 bits per heavy atom. The van der Waals surface area contributed by atoms with Gasteiger partial charge in [0, 0.05) is 19.1 Å². The fraction of sp³-hybridized carbons (Fsp3) is 0.571. The minimum atomic E-state index is -3.46. The zero-order valence-electron chi connectivity index (χ0n) is 12.2. The Bertz CT molecular complexity index is 572. The molecule has 1 aliphatic heterocycles. The number of rotatable bonds is 4. The summed E-state index contributed by atoms with van der Waals surface area (Å²) in [6.07, 6.45) is 0. The number of morpholine rings is 1. The van der Waals surface area contributed by atoms with Crippen LogP contribution in [0.3, 0.4) is 0 Å². The Labute approximate surface area is 121 Å². The molecule has 1 aromatic rings. The van der Waals surface area contributed by atoms with E-state index in [0.29, 0.717) is 31.2 Å². The summed E-state index contributed by atoms with van der Waals surface area (Å²) >= 11 is 0. The number of nitrogens with one attached hydrogen (secondary N) is 1. The summed E-state index contributed by atoms with van der Waals surface area (Å²) in [7, 11) is -1.61. The average Bonchev–Trinajstić information content (AvgIpc) is 2.41. The van der Waals surface area contributed by atoms with Gasteiger partial charge < -0.3 is 10.1 Å². The van der Waals surface area contributed by atoms with Crippen LogP contribution < -0.4 is 5.32 Å². The molecule has 5 nitrogen and oxygen atoms in total. The summed E-state index contributed by atoms with van der Waals surface area (Å²) in [5.74, 6) is 0. The van der Waals surface area contributed by atoms with Crippen LogP contribution in [0.5, 0.6) is 0 Å². The Hall–Kier alpha value is -0.950. The standard InChI is InChI=1S/C14H22N2O3S/c1-11-4-5-13(9-15-3)8-14(11)20(17,18)16-6-7-19-10-12(16)2/h4-5,8,12,15H,6-7,9-10H2,1-3H3. The van der Waals surface area contributed by atoms with Gasteiger partial charge in [-0.25, -0.2) is 8.42 Å². The molecule has 0 amide bonds. The number of benzene rings is 1. The Balaban J connectivity index is 2.40. The summed E-state index contributed by atoms with van der Waals surface area (Å²) in [4.78, 5) is 0.402. The van der Waals surface area contributed by atoms with Gasteiger partial charge in [0.1, 0.15) is 0 Å². The summed E-state index contributed by atoms with van der Waals surface area (Å²) in [6.45, 7) is 5.69. The molecule has 1 atom stereocenters. The van der Waals surface area contributed by atoms with E-state index in [-0.39, 0.29) is 6.04 Å². The van der Waals surface area contributed by atoms with Gasteiger partial charge in [-0.15, -0.1) is 0 Å². The van der Waals surface area contributed by atoms with Gasteiger partial charge in [0.05, 0.1) is 18.1 Å². The van der Waals surface area contributed by atoms with Crippen molar-refractivity contribution in [3.8, 4) is 0 Å². The molecule has 0 aliphatic carbocycles. The highest BCUT2D eigenvalue weighted by molar-refractivity contribution is 7.89. The predicted octanol–water partition coefficient (Wildman–Crippen LogP) is 1.12. The van der Waals surface area contributed by atoms with Crippen LogP contribution >= 0.6 is 0 Å². The lowest BCUT2D eigenvalue weighted by atomic mass is 10.1. The smallest absolute Gasteiger partial charge is 0.243 e. The molecule has 1 heterocycles. The van der Waals surface area contributed by atoms with Gasteiger partial charge in [0.2, 0.25) is 10.0 Å². The zero-order valence-corrected chi connectivity index (χ0v) is 13.0. The zero-order chi connectivity index (χ0) is 14.8. The molecule has 6 heteroatoms. The van der Waals surface area contributed by atoms with Crippen LogP contribution in [0.1, 0.15) is 18.1 Å². The second kappa shape index (κ2) is 6.22. The van der Waals surface area contributed by atoms with Crippen molar-refractivity contribution in [1.29, 1.82) is 0 Å². The van der Waals surface area contributed by atoms with Gasteiger partial charge in [-0.1, -0.05) is 12.1 Å². The van der Waals surface area contributed by atoms with E-state index >= 15 is 0 Å². The van der Waals surface area contributed by atoms with Gasteiger partial charge >= 0.3 is 0 Å². The van der Waals surface area contributed by atoms with Gasteiger partial charge in [-0.3, -0.25) is 0 Å². The van der Waals surface area contributed by atoms with Crippen molar-refractivity contribution in [2.75, 3.05) is 26.8 Å². The molecule has 1 aromatic carbocycles. The van der Waals surface area contributed by atoms with E-state index in [1.165, 1.54) is 0 Å². The van der Waals surface area contributed by atoms with Crippen LogP contribution in [0, 0.1) is 6.92 Å². The van der Waals surface area contributed by atoms with Crippen LogP contribution in [0.4, 0.5) is 0 Å². The molecule has 0 saturated carbocycles. The monoisotopic (exact) mass is 298 g/mol. The van der Waals surface area contributed by atoms with Crippen molar-refractivity contribution in [3.05, 3.63) is 29.3 Å². The Kier molecular flexibility index (Phi) is 4.80. The predicted molar refractivity (Wildman–Crippen MR) is 78.1 cm³/mol. The van der Waals surface area contributed by atoms with Crippen LogP contribution in [0.15, 0.2) is 23.1 Å². The molecule has 1 N–H and O–H groups in total. The second-order valence-electron chi connectivity index (χ2n) is 5.17. The normalized spacial score (nSPS) is 21.1. The maximum atomic E-state index is 12.8. The molecule has 0 bridgehead atoms. The van der Waals surface area contributed by atoms with Crippen molar-refractivity contribution in [2.24, 2.45) is 0 Å². The lowest BCUT2D eigenvalue weighted by molar-refractivity contribution is 0.0392. The molecule has 20 heavy (non-hydrogen) atoms. The number of hydrogen-bond donors (Lipinski definition) is 1. The molecule has 0 spiro atoms. The van der Waals surface area contributed by atoms with E-state index < -0.39 is 10.0 Å². The maximum absolute atomic E-state index is 12.8. The molecular formula is C14H22N2O3S. The van der Waals surface area contributed by atoms with E-state index in [2.05, 4.69) is 5.32 Å². The van der Waals surface area contributed by atoms with Crippen molar-refractivity contribution in [1.82, 2.24) is 9.62 Å². The van der Waals surface area contributed by atoms with Gasteiger partial charge in [-0.2, -0.15) is 4.31 Å². The minimum absolute atomic E-state index is 0.124. The molecule has 2 rings (SSSR count). The van der Waals surface area contributed by atoms with E-state index in [1.54, 1.807) is 10.4 Å². The molecule has 1 aliphatic rings. The van der Waals surface area contributed by atoms with Gasteiger partial charge in [0.25, 0.3) is 0 Å². The molecule has 1 saturated heterocycles. The van der Waals surface area contributed by atoms with Crippen molar-refractivity contribution in [3.63, 3.8) is 0 Å². The molecule has 0 radical (unpaired) electrons. The maximum Gasteiger partial charge on any atom is 0.243 e. The van der Waals surface area contributed by atoms with Crippen LogP contribution in [0.2, 0.25) is 0 Å². The lowest BCUT2D eigenvalue weighted by Crippen LogP contribution is -2.47. The first-order valence-electron chi connectivity index (χ1n) is 6.80.